The number of ether oxygens (including phenoxy) is 1. The van der Waals surface area contributed by atoms with Gasteiger partial charge < -0.3 is 9.84 Å². The zero-order valence-electron chi connectivity index (χ0n) is 20.2. The van der Waals surface area contributed by atoms with Gasteiger partial charge in [0.25, 0.3) is 5.56 Å². The molecule has 37 heavy (non-hydrogen) atoms. The lowest BCUT2D eigenvalue weighted by molar-refractivity contribution is 0.0688. The maximum atomic E-state index is 15.9. The fraction of sp³-hybridized carbons (Fsp3) is 0.240. The van der Waals surface area contributed by atoms with Gasteiger partial charge >= 0.3 is 0 Å². The Bertz CT molecular complexity index is 1570. The molecule has 8 nitrogen and oxygen atoms in total. The molecule has 0 aliphatic carbocycles. The molecule has 12 heteroatoms. The van der Waals surface area contributed by atoms with E-state index in [9.17, 15) is 18.7 Å². The van der Waals surface area contributed by atoms with E-state index in [0.29, 0.717) is 17.3 Å². The fourth-order valence-electron chi connectivity index (χ4n) is 3.56. The van der Waals surface area contributed by atoms with Gasteiger partial charge in [-0.1, -0.05) is 0 Å². The van der Waals surface area contributed by atoms with Crippen LogP contribution in [0.1, 0.15) is 36.6 Å². The molecular formula is C25H21BrF3N5O3. The normalized spacial score (nSPS) is 11.6. The second-order valence-corrected chi connectivity index (χ2v) is 9.55. The number of hydrogen-bond donors (Lipinski definition) is 1. The maximum absolute atomic E-state index is 15.9. The third-order valence-corrected chi connectivity index (χ3v) is 6.12. The van der Waals surface area contributed by atoms with Crippen LogP contribution in [0.4, 0.5) is 13.2 Å². The van der Waals surface area contributed by atoms with E-state index in [-0.39, 0.29) is 45.4 Å². The summed E-state index contributed by atoms with van der Waals surface area (Å²) in [6.07, 6.45) is 3.65. The predicted octanol–water partition coefficient (Wildman–Crippen LogP) is 4.69. The summed E-state index contributed by atoms with van der Waals surface area (Å²) in [5.41, 5.74) is -1.50. The predicted molar refractivity (Wildman–Crippen MR) is 132 cm³/mol. The molecule has 1 N–H and O–H groups in total. The molecule has 0 radical (unpaired) electrons. The fourth-order valence-corrected chi connectivity index (χ4v) is 3.97. The Morgan fingerprint density at radius 1 is 1.11 bits per heavy atom. The maximum Gasteiger partial charge on any atom is 0.273 e. The molecular weight excluding hydrogens is 555 g/mol. The standard InChI is InChI=1S/C25H21BrF3N5O3/c1-12-9-32-21(16-5-6-30-24(33-16)25(3,4)36)20(29)22(12)34-13(2)7-18(19(26)23(34)35)37-11-17-15(28)8-14(27)10-31-17/h5-10,36H,11H2,1-4H3. The Hall–Kier alpha value is -3.64. The van der Waals surface area contributed by atoms with Gasteiger partial charge in [-0.05, 0) is 55.3 Å². The van der Waals surface area contributed by atoms with Gasteiger partial charge in [0.1, 0.15) is 39.6 Å². The summed E-state index contributed by atoms with van der Waals surface area (Å²) >= 11 is 3.19. The summed E-state index contributed by atoms with van der Waals surface area (Å²) < 4.78 is 49.6. The zero-order valence-corrected chi connectivity index (χ0v) is 21.8. The Morgan fingerprint density at radius 2 is 1.84 bits per heavy atom. The number of rotatable bonds is 6. The second kappa shape index (κ2) is 10.0. The Morgan fingerprint density at radius 3 is 2.51 bits per heavy atom. The summed E-state index contributed by atoms with van der Waals surface area (Å²) in [5, 5.41) is 10.2. The van der Waals surface area contributed by atoms with Crippen LogP contribution in [0.3, 0.4) is 0 Å². The number of aromatic nitrogens is 5. The van der Waals surface area contributed by atoms with Gasteiger partial charge in [0.05, 0.1) is 17.6 Å². The molecule has 0 saturated carbocycles. The Balaban J connectivity index is 1.77. The highest BCUT2D eigenvalue weighted by molar-refractivity contribution is 9.10. The number of pyridine rings is 3. The minimum atomic E-state index is -1.36. The molecule has 0 atom stereocenters. The van der Waals surface area contributed by atoms with Crippen LogP contribution in [-0.4, -0.2) is 29.6 Å². The van der Waals surface area contributed by atoms with Crippen molar-refractivity contribution in [1.82, 2.24) is 24.5 Å². The molecule has 4 heterocycles. The molecule has 0 aliphatic heterocycles. The van der Waals surface area contributed by atoms with Crippen LogP contribution in [0.25, 0.3) is 17.1 Å². The van der Waals surface area contributed by atoms with Crippen LogP contribution >= 0.6 is 15.9 Å². The molecule has 4 aromatic heterocycles. The molecule has 0 aromatic carbocycles. The van der Waals surface area contributed by atoms with Crippen LogP contribution in [0, 0.1) is 31.3 Å². The summed E-state index contributed by atoms with van der Waals surface area (Å²) in [5.74, 6) is -2.36. The third-order valence-electron chi connectivity index (χ3n) is 5.39. The summed E-state index contributed by atoms with van der Waals surface area (Å²) in [6.45, 7) is 5.82. The van der Waals surface area contributed by atoms with E-state index in [1.165, 1.54) is 38.4 Å². The smallest absolute Gasteiger partial charge is 0.273 e. The summed E-state index contributed by atoms with van der Waals surface area (Å²) in [7, 11) is 0. The molecule has 0 fully saturated rings. The SMILES string of the molecule is Cc1cnc(-c2ccnc(C(C)(C)O)n2)c(F)c1-n1c(C)cc(OCc2ncc(F)cc2F)c(Br)c1=O. The Kier molecular flexibility index (Phi) is 7.16. The Labute approximate surface area is 218 Å². The lowest BCUT2D eigenvalue weighted by Crippen LogP contribution is -2.24. The van der Waals surface area contributed by atoms with Crippen LogP contribution < -0.4 is 10.3 Å². The van der Waals surface area contributed by atoms with E-state index in [1.54, 1.807) is 13.8 Å². The van der Waals surface area contributed by atoms with Gasteiger partial charge in [0.2, 0.25) is 0 Å². The molecule has 0 spiro atoms. The first kappa shape index (κ1) is 26.4. The third kappa shape index (κ3) is 5.25. The lowest BCUT2D eigenvalue weighted by atomic mass is 10.1. The highest BCUT2D eigenvalue weighted by Crippen LogP contribution is 2.30. The van der Waals surface area contributed by atoms with E-state index in [4.69, 9.17) is 4.74 Å². The number of halogens is 4. The molecule has 0 aliphatic rings. The van der Waals surface area contributed by atoms with Gasteiger partial charge in [-0.2, -0.15) is 0 Å². The van der Waals surface area contributed by atoms with Crippen LogP contribution in [-0.2, 0) is 12.2 Å². The van der Waals surface area contributed by atoms with Crippen molar-refractivity contribution in [3.05, 3.63) is 91.8 Å². The molecule has 0 unspecified atom stereocenters. The minimum Gasteiger partial charge on any atom is -0.486 e. The van der Waals surface area contributed by atoms with Gasteiger partial charge in [-0.25, -0.2) is 23.1 Å². The van der Waals surface area contributed by atoms with Gasteiger partial charge in [-0.15, -0.1) is 0 Å². The number of nitrogens with zero attached hydrogens (tertiary/aromatic N) is 5. The topological polar surface area (TPSA) is 103 Å². The van der Waals surface area contributed by atoms with Crippen molar-refractivity contribution in [2.45, 2.75) is 39.9 Å². The van der Waals surface area contributed by atoms with Crippen molar-refractivity contribution in [3.8, 4) is 22.8 Å². The average molecular weight is 576 g/mol. The van der Waals surface area contributed by atoms with E-state index in [2.05, 4.69) is 35.9 Å². The van der Waals surface area contributed by atoms with Crippen molar-refractivity contribution in [3.63, 3.8) is 0 Å². The van der Waals surface area contributed by atoms with Crippen molar-refractivity contribution in [2.24, 2.45) is 0 Å². The first-order valence-corrected chi connectivity index (χ1v) is 11.7. The van der Waals surface area contributed by atoms with Gasteiger partial charge in [0, 0.05) is 30.2 Å². The molecule has 0 amide bonds. The molecule has 4 rings (SSSR count). The lowest BCUT2D eigenvalue weighted by Gasteiger charge is -2.18. The van der Waals surface area contributed by atoms with Crippen molar-refractivity contribution < 1.29 is 23.0 Å². The highest BCUT2D eigenvalue weighted by atomic mass is 79.9. The minimum absolute atomic E-state index is 0.0378. The molecule has 4 aromatic rings. The zero-order chi connectivity index (χ0) is 27.1. The van der Waals surface area contributed by atoms with Crippen LogP contribution in [0.15, 0.2) is 46.1 Å². The second-order valence-electron chi connectivity index (χ2n) is 8.75. The van der Waals surface area contributed by atoms with Crippen LogP contribution in [0.5, 0.6) is 5.75 Å². The molecule has 0 saturated heterocycles. The van der Waals surface area contributed by atoms with Gasteiger partial charge in [0.15, 0.2) is 17.5 Å². The largest absolute Gasteiger partial charge is 0.486 e. The molecule has 0 bridgehead atoms. The average Bonchev–Trinajstić information content (AvgIpc) is 2.83. The van der Waals surface area contributed by atoms with E-state index < -0.39 is 28.6 Å². The highest BCUT2D eigenvalue weighted by Gasteiger charge is 2.24. The number of aryl methyl sites for hydroxylation is 2. The number of hydrogen-bond acceptors (Lipinski definition) is 7. The summed E-state index contributed by atoms with van der Waals surface area (Å²) in [4.78, 5) is 29.4. The van der Waals surface area contributed by atoms with Crippen molar-refractivity contribution in [2.75, 3.05) is 0 Å². The first-order valence-electron chi connectivity index (χ1n) is 10.9. The van der Waals surface area contributed by atoms with Crippen molar-refractivity contribution >= 4 is 15.9 Å². The van der Waals surface area contributed by atoms with E-state index in [1.807, 2.05) is 0 Å². The summed E-state index contributed by atoms with van der Waals surface area (Å²) in [6, 6.07) is 3.60. The number of aliphatic hydroxyl groups is 1. The van der Waals surface area contributed by atoms with E-state index in [0.717, 1.165) is 10.8 Å². The molecule has 192 valence electrons. The van der Waals surface area contributed by atoms with Crippen molar-refractivity contribution in [1.29, 1.82) is 0 Å². The monoisotopic (exact) mass is 575 g/mol. The van der Waals surface area contributed by atoms with Crippen LogP contribution in [0.2, 0.25) is 0 Å². The quantitative estimate of drug-likeness (QED) is 0.356. The first-order chi connectivity index (χ1) is 17.4. The van der Waals surface area contributed by atoms with E-state index >= 15 is 4.39 Å². The van der Waals surface area contributed by atoms with Gasteiger partial charge in [-0.3, -0.25) is 19.3 Å².